The zero-order valence-electron chi connectivity index (χ0n) is 14.7. The SMILES string of the molecule is Cc1nnc(-c2[c-]cc3ccccc3c2)n1-c1ccc2ccccc2c1.[Ir]. The average Bonchev–Trinajstić information content (AvgIpc) is 3.08. The van der Waals surface area contributed by atoms with Crippen molar-refractivity contribution in [2.75, 3.05) is 0 Å². The van der Waals surface area contributed by atoms with Gasteiger partial charge in [0.25, 0.3) is 0 Å². The van der Waals surface area contributed by atoms with Crippen LogP contribution in [0.1, 0.15) is 5.82 Å². The van der Waals surface area contributed by atoms with E-state index >= 15 is 0 Å². The quantitative estimate of drug-likeness (QED) is 0.291. The number of rotatable bonds is 2. The third-order valence-corrected chi connectivity index (χ3v) is 4.74. The molecule has 0 fully saturated rings. The van der Waals surface area contributed by atoms with Crippen molar-refractivity contribution in [3.63, 3.8) is 0 Å². The van der Waals surface area contributed by atoms with Crippen LogP contribution in [-0.4, -0.2) is 14.8 Å². The Morgan fingerprint density at radius 2 is 1.41 bits per heavy atom. The molecule has 1 radical (unpaired) electrons. The molecule has 5 aromatic rings. The molecule has 5 rings (SSSR count). The van der Waals surface area contributed by atoms with Gasteiger partial charge in [0.15, 0.2) is 0 Å². The average molecular weight is 527 g/mol. The second kappa shape index (κ2) is 7.07. The summed E-state index contributed by atoms with van der Waals surface area (Å²) in [6, 6.07) is 30.6. The summed E-state index contributed by atoms with van der Waals surface area (Å²) in [5.41, 5.74) is 2.00. The molecule has 0 unspecified atom stereocenters. The molecule has 0 N–H and O–H groups in total. The van der Waals surface area contributed by atoms with Crippen LogP contribution in [0.5, 0.6) is 0 Å². The maximum Gasteiger partial charge on any atom is 0.125 e. The molecule has 1 heterocycles. The largest absolute Gasteiger partial charge is 0.320 e. The molecule has 3 nitrogen and oxygen atoms in total. The van der Waals surface area contributed by atoms with Gasteiger partial charge in [-0.3, -0.25) is 0 Å². The summed E-state index contributed by atoms with van der Waals surface area (Å²) in [5.74, 6) is 1.67. The molecule has 0 bridgehead atoms. The minimum Gasteiger partial charge on any atom is -0.320 e. The molecule has 1 aromatic heterocycles. The Morgan fingerprint density at radius 1 is 0.741 bits per heavy atom. The van der Waals surface area contributed by atoms with Gasteiger partial charge in [-0.1, -0.05) is 60.0 Å². The zero-order chi connectivity index (χ0) is 17.5. The van der Waals surface area contributed by atoms with Crippen molar-refractivity contribution in [2.45, 2.75) is 6.92 Å². The van der Waals surface area contributed by atoms with Crippen LogP contribution < -0.4 is 0 Å². The van der Waals surface area contributed by atoms with Crippen molar-refractivity contribution >= 4 is 21.5 Å². The normalized spacial score (nSPS) is 10.9. The van der Waals surface area contributed by atoms with Crippen molar-refractivity contribution in [2.24, 2.45) is 0 Å². The van der Waals surface area contributed by atoms with Crippen molar-refractivity contribution in [3.8, 4) is 17.1 Å². The number of aromatic nitrogens is 3. The van der Waals surface area contributed by atoms with E-state index in [0.717, 1.165) is 22.9 Å². The Balaban J connectivity index is 0.00000180. The summed E-state index contributed by atoms with van der Waals surface area (Å²) in [6.07, 6.45) is 0. The Morgan fingerprint density at radius 3 is 2.19 bits per heavy atom. The summed E-state index contributed by atoms with van der Waals surface area (Å²) in [6.45, 7) is 1.98. The van der Waals surface area contributed by atoms with Crippen LogP contribution in [0.3, 0.4) is 0 Å². The molecule has 0 aliphatic heterocycles. The molecule has 0 aliphatic carbocycles. The maximum absolute atomic E-state index is 4.43. The van der Waals surface area contributed by atoms with Gasteiger partial charge < -0.3 is 4.57 Å². The third-order valence-electron chi connectivity index (χ3n) is 4.74. The van der Waals surface area contributed by atoms with Gasteiger partial charge in [-0.25, -0.2) is 0 Å². The molecule has 0 amide bonds. The Bertz CT molecular complexity index is 1260. The zero-order valence-corrected chi connectivity index (χ0v) is 17.1. The molecule has 0 saturated carbocycles. The summed E-state index contributed by atoms with van der Waals surface area (Å²) >= 11 is 0. The van der Waals surface area contributed by atoms with Crippen LogP contribution in [0.4, 0.5) is 0 Å². The van der Waals surface area contributed by atoms with Gasteiger partial charge in [-0.15, -0.1) is 34.2 Å². The first kappa shape index (κ1) is 17.6. The van der Waals surface area contributed by atoms with Crippen molar-refractivity contribution in [1.29, 1.82) is 0 Å². The molecule has 4 heteroatoms. The van der Waals surface area contributed by atoms with Gasteiger partial charge in [0.1, 0.15) is 5.82 Å². The molecule has 27 heavy (non-hydrogen) atoms. The van der Waals surface area contributed by atoms with E-state index < -0.39 is 0 Å². The van der Waals surface area contributed by atoms with Gasteiger partial charge in [0.2, 0.25) is 0 Å². The van der Waals surface area contributed by atoms with Crippen LogP contribution in [0.2, 0.25) is 0 Å². The summed E-state index contributed by atoms with van der Waals surface area (Å²) in [4.78, 5) is 0. The molecule has 133 valence electrons. The number of benzene rings is 4. The Hall–Kier alpha value is -2.81. The van der Waals surface area contributed by atoms with E-state index in [1.165, 1.54) is 21.5 Å². The second-order valence-electron chi connectivity index (χ2n) is 6.41. The van der Waals surface area contributed by atoms with E-state index in [1.807, 2.05) is 25.1 Å². The molecule has 0 saturated heterocycles. The van der Waals surface area contributed by atoms with E-state index in [9.17, 15) is 0 Å². The fourth-order valence-corrected chi connectivity index (χ4v) is 3.42. The van der Waals surface area contributed by atoms with Crippen LogP contribution in [-0.2, 0) is 20.1 Å². The standard InChI is InChI=1S/C23H16N3.Ir/c1-16-24-25-23(21-11-10-17-6-2-4-8-19(17)14-21)26(16)22-13-12-18-7-3-5-9-20(18)15-22;/h2-10,12-15H,1H3;/q-1;. The molecular formula is C23H16IrN3-. The predicted octanol–water partition coefficient (Wildman–Crippen LogP) is 5.35. The fourth-order valence-electron chi connectivity index (χ4n) is 3.42. The van der Waals surface area contributed by atoms with E-state index in [1.54, 1.807) is 0 Å². The fraction of sp³-hybridized carbons (Fsp3) is 0.0435. The molecule has 0 atom stereocenters. The number of aryl methyl sites for hydroxylation is 1. The minimum atomic E-state index is 0. The van der Waals surface area contributed by atoms with Gasteiger partial charge >= 0.3 is 0 Å². The predicted molar refractivity (Wildman–Crippen MR) is 105 cm³/mol. The first-order valence-corrected chi connectivity index (χ1v) is 8.62. The number of hydrogen-bond donors (Lipinski definition) is 0. The number of hydrogen-bond acceptors (Lipinski definition) is 2. The summed E-state index contributed by atoms with van der Waals surface area (Å²) < 4.78 is 2.09. The van der Waals surface area contributed by atoms with Crippen molar-refractivity contribution < 1.29 is 20.1 Å². The van der Waals surface area contributed by atoms with Crippen LogP contribution in [0.25, 0.3) is 38.6 Å². The van der Waals surface area contributed by atoms with E-state index in [2.05, 4.69) is 81.5 Å². The second-order valence-corrected chi connectivity index (χ2v) is 6.41. The molecule has 0 spiro atoms. The number of nitrogens with zero attached hydrogens (tertiary/aromatic N) is 3. The van der Waals surface area contributed by atoms with Crippen molar-refractivity contribution in [1.82, 2.24) is 14.8 Å². The monoisotopic (exact) mass is 527 g/mol. The molecule has 0 aliphatic rings. The van der Waals surface area contributed by atoms with Crippen molar-refractivity contribution in [3.05, 3.63) is 90.8 Å². The topological polar surface area (TPSA) is 30.7 Å². The summed E-state index contributed by atoms with van der Waals surface area (Å²) in [7, 11) is 0. The Kier molecular flexibility index (Phi) is 4.61. The van der Waals surface area contributed by atoms with Gasteiger partial charge in [-0.05, 0) is 29.8 Å². The minimum absolute atomic E-state index is 0. The maximum atomic E-state index is 4.43. The van der Waals surface area contributed by atoms with Gasteiger partial charge in [-0.2, -0.15) is 5.10 Å². The number of fused-ring (bicyclic) bond motifs is 2. The van der Waals surface area contributed by atoms with Crippen LogP contribution >= 0.6 is 0 Å². The van der Waals surface area contributed by atoms with Crippen LogP contribution in [0.15, 0.2) is 78.9 Å². The van der Waals surface area contributed by atoms with E-state index in [-0.39, 0.29) is 20.1 Å². The Labute approximate surface area is 171 Å². The first-order valence-electron chi connectivity index (χ1n) is 8.62. The van der Waals surface area contributed by atoms with E-state index in [4.69, 9.17) is 0 Å². The van der Waals surface area contributed by atoms with Crippen LogP contribution in [0, 0.1) is 13.0 Å². The first-order chi connectivity index (χ1) is 12.8. The molecule has 4 aromatic carbocycles. The smallest absolute Gasteiger partial charge is 0.125 e. The van der Waals surface area contributed by atoms with Gasteiger partial charge in [0.05, 0.1) is 5.82 Å². The molecular weight excluding hydrogens is 510 g/mol. The summed E-state index contributed by atoms with van der Waals surface area (Å²) in [5, 5.41) is 13.5. The van der Waals surface area contributed by atoms with E-state index in [0.29, 0.717) is 0 Å². The van der Waals surface area contributed by atoms with Gasteiger partial charge in [0, 0.05) is 25.8 Å². The third kappa shape index (κ3) is 3.07.